The molecule has 6 nitrogen and oxygen atoms in total. The van der Waals surface area contributed by atoms with Gasteiger partial charge >= 0.3 is 0 Å². The van der Waals surface area contributed by atoms with Gasteiger partial charge in [0, 0.05) is 30.5 Å². The molecule has 1 aliphatic heterocycles. The van der Waals surface area contributed by atoms with E-state index in [1.807, 2.05) is 13.8 Å². The summed E-state index contributed by atoms with van der Waals surface area (Å²) in [6.07, 6.45) is 1.05. The fraction of sp³-hybridized carbons (Fsp3) is 0.444. The van der Waals surface area contributed by atoms with Crippen molar-refractivity contribution in [3.05, 3.63) is 34.8 Å². The zero-order valence-electron chi connectivity index (χ0n) is 14.9. The summed E-state index contributed by atoms with van der Waals surface area (Å²) < 4.78 is 27.0. The highest BCUT2D eigenvalue weighted by Gasteiger charge is 2.34. The molecule has 1 amide bonds. The van der Waals surface area contributed by atoms with Gasteiger partial charge in [-0.1, -0.05) is 6.92 Å². The largest absolute Gasteiger partial charge is 0.493 e. The molecule has 0 radical (unpaired) electrons. The highest BCUT2D eigenvalue weighted by molar-refractivity contribution is 5.94. The fourth-order valence-corrected chi connectivity index (χ4v) is 3.39. The molecule has 0 bridgehead atoms. The lowest BCUT2D eigenvalue weighted by Gasteiger charge is -2.25. The Labute approximate surface area is 145 Å². The van der Waals surface area contributed by atoms with Gasteiger partial charge in [-0.25, -0.2) is 9.07 Å². The minimum absolute atomic E-state index is 0.149. The van der Waals surface area contributed by atoms with Crippen molar-refractivity contribution in [1.29, 1.82) is 0 Å². The molecule has 1 aromatic heterocycles. The number of nitrogens with one attached hydrogen (secondary N) is 1. The van der Waals surface area contributed by atoms with Gasteiger partial charge < -0.3 is 14.8 Å². The number of hydrogen-bond acceptors (Lipinski definition) is 4. The van der Waals surface area contributed by atoms with Gasteiger partial charge in [0.15, 0.2) is 11.5 Å². The number of aromatic nitrogens is 2. The number of carbonyl (C=O) groups is 1. The molecule has 0 fully saturated rings. The zero-order valence-corrected chi connectivity index (χ0v) is 14.9. The molecule has 1 atom stereocenters. The summed E-state index contributed by atoms with van der Waals surface area (Å²) in [6.45, 7) is 4.62. The van der Waals surface area contributed by atoms with Crippen molar-refractivity contribution >= 4 is 11.7 Å². The molecule has 0 aliphatic carbocycles. The van der Waals surface area contributed by atoms with Gasteiger partial charge in [-0.05, 0) is 25.0 Å². The lowest BCUT2D eigenvalue weighted by atomic mass is 9.85. The predicted molar refractivity (Wildman–Crippen MR) is 91.8 cm³/mol. The van der Waals surface area contributed by atoms with Gasteiger partial charge in [-0.2, -0.15) is 5.10 Å². The highest BCUT2D eigenvalue weighted by atomic mass is 19.1. The smallest absolute Gasteiger partial charge is 0.226 e. The summed E-state index contributed by atoms with van der Waals surface area (Å²) in [4.78, 5) is 12.2. The molecule has 0 saturated heterocycles. The number of aryl methyl sites for hydroxylation is 2. The van der Waals surface area contributed by atoms with Crippen LogP contribution in [0.5, 0.6) is 11.5 Å². The molecular weight excluding hydrogens is 325 g/mol. The number of benzene rings is 1. The molecule has 1 unspecified atom stereocenters. The molecule has 0 saturated carbocycles. The standard InChI is InChI=1S/C18H22FN3O3/c1-5-6-22-18-17(10(2)21-22)12(8-16(23)20-18)11-7-14(24-3)15(25-4)9-13(11)19/h7,9,12H,5-6,8H2,1-4H3,(H,20,23). The Balaban J connectivity index is 2.15. The number of rotatable bonds is 5. The van der Waals surface area contributed by atoms with Crippen molar-refractivity contribution in [2.24, 2.45) is 0 Å². The molecule has 2 heterocycles. The highest BCUT2D eigenvalue weighted by Crippen LogP contribution is 2.42. The number of carbonyl (C=O) groups excluding carboxylic acids is 1. The third-order valence-electron chi connectivity index (χ3n) is 4.48. The Morgan fingerprint density at radius 3 is 2.64 bits per heavy atom. The second-order valence-corrected chi connectivity index (χ2v) is 6.10. The van der Waals surface area contributed by atoms with E-state index in [9.17, 15) is 9.18 Å². The number of methoxy groups -OCH3 is 2. The lowest BCUT2D eigenvalue weighted by molar-refractivity contribution is -0.116. The summed E-state index contributed by atoms with van der Waals surface area (Å²) in [6, 6.07) is 2.91. The summed E-state index contributed by atoms with van der Waals surface area (Å²) in [5.74, 6) is 0.437. The third-order valence-corrected chi connectivity index (χ3v) is 4.48. The van der Waals surface area contributed by atoms with Crippen LogP contribution < -0.4 is 14.8 Å². The van der Waals surface area contributed by atoms with Crippen LogP contribution in [0.2, 0.25) is 0 Å². The summed E-state index contributed by atoms with van der Waals surface area (Å²) in [5.41, 5.74) is 2.06. The van der Waals surface area contributed by atoms with Gasteiger partial charge in [0.25, 0.3) is 0 Å². The van der Waals surface area contributed by atoms with Crippen molar-refractivity contribution < 1.29 is 18.7 Å². The normalized spacial score (nSPS) is 16.4. The molecule has 1 N–H and O–H groups in total. The van der Waals surface area contributed by atoms with E-state index < -0.39 is 11.7 Å². The summed E-state index contributed by atoms with van der Waals surface area (Å²) in [7, 11) is 2.96. The number of amides is 1. The SMILES string of the molecule is CCCn1nc(C)c2c1NC(=O)CC2c1cc(OC)c(OC)cc1F. The molecule has 134 valence electrons. The second kappa shape index (κ2) is 6.74. The molecule has 1 aromatic carbocycles. The van der Waals surface area contributed by atoms with Crippen molar-refractivity contribution in [3.8, 4) is 11.5 Å². The number of anilines is 1. The predicted octanol–water partition coefficient (Wildman–Crippen LogP) is 3.23. The quantitative estimate of drug-likeness (QED) is 0.902. The van der Waals surface area contributed by atoms with E-state index in [-0.39, 0.29) is 12.3 Å². The first-order valence-corrected chi connectivity index (χ1v) is 8.28. The number of fused-ring (bicyclic) bond motifs is 1. The fourth-order valence-electron chi connectivity index (χ4n) is 3.39. The van der Waals surface area contributed by atoms with E-state index in [1.165, 1.54) is 20.3 Å². The van der Waals surface area contributed by atoms with E-state index in [4.69, 9.17) is 9.47 Å². The van der Waals surface area contributed by atoms with E-state index in [0.29, 0.717) is 29.4 Å². The Morgan fingerprint density at radius 2 is 2.00 bits per heavy atom. The first-order valence-electron chi connectivity index (χ1n) is 8.28. The molecular formula is C18H22FN3O3. The Kier molecular flexibility index (Phi) is 4.65. The Bertz CT molecular complexity index is 816. The van der Waals surface area contributed by atoms with Gasteiger partial charge in [-0.15, -0.1) is 0 Å². The average Bonchev–Trinajstić information content (AvgIpc) is 2.90. The maximum atomic E-state index is 14.8. The first kappa shape index (κ1) is 17.3. The monoisotopic (exact) mass is 347 g/mol. The number of halogens is 1. The van der Waals surface area contributed by atoms with Crippen molar-refractivity contribution in [2.45, 2.75) is 39.2 Å². The van der Waals surface area contributed by atoms with Crippen LogP contribution in [0.4, 0.5) is 10.2 Å². The van der Waals surface area contributed by atoms with Gasteiger partial charge in [0.2, 0.25) is 5.91 Å². The lowest BCUT2D eigenvalue weighted by Crippen LogP contribution is -2.25. The number of nitrogens with zero attached hydrogens (tertiary/aromatic N) is 2. The van der Waals surface area contributed by atoms with Crippen LogP contribution in [0.25, 0.3) is 0 Å². The number of hydrogen-bond donors (Lipinski definition) is 1. The third kappa shape index (κ3) is 2.94. The van der Waals surface area contributed by atoms with E-state index in [0.717, 1.165) is 17.7 Å². The minimum atomic E-state index is -0.425. The van der Waals surface area contributed by atoms with Crippen molar-refractivity contribution in [3.63, 3.8) is 0 Å². The maximum absolute atomic E-state index is 14.8. The second-order valence-electron chi connectivity index (χ2n) is 6.10. The number of ether oxygens (including phenoxy) is 2. The van der Waals surface area contributed by atoms with Gasteiger partial charge in [0.05, 0.1) is 19.9 Å². The van der Waals surface area contributed by atoms with Crippen molar-refractivity contribution in [1.82, 2.24) is 9.78 Å². The summed E-state index contributed by atoms with van der Waals surface area (Å²) in [5, 5.41) is 7.41. The van der Waals surface area contributed by atoms with Crippen molar-refractivity contribution in [2.75, 3.05) is 19.5 Å². The van der Waals surface area contributed by atoms with E-state index in [1.54, 1.807) is 10.7 Å². The van der Waals surface area contributed by atoms with Crippen LogP contribution in [-0.4, -0.2) is 29.9 Å². The van der Waals surface area contributed by atoms with Crippen LogP contribution in [0, 0.1) is 12.7 Å². The molecule has 0 spiro atoms. The molecule has 7 heteroatoms. The first-order chi connectivity index (χ1) is 12.0. The van der Waals surface area contributed by atoms with E-state index >= 15 is 0 Å². The van der Waals surface area contributed by atoms with E-state index in [2.05, 4.69) is 10.4 Å². The van der Waals surface area contributed by atoms with Crippen LogP contribution in [-0.2, 0) is 11.3 Å². The van der Waals surface area contributed by atoms with Crippen LogP contribution in [0.3, 0.4) is 0 Å². The maximum Gasteiger partial charge on any atom is 0.226 e. The average molecular weight is 347 g/mol. The molecule has 25 heavy (non-hydrogen) atoms. The zero-order chi connectivity index (χ0) is 18.1. The summed E-state index contributed by atoms with van der Waals surface area (Å²) >= 11 is 0. The van der Waals surface area contributed by atoms with Gasteiger partial charge in [0.1, 0.15) is 11.6 Å². The van der Waals surface area contributed by atoms with Gasteiger partial charge in [-0.3, -0.25) is 4.79 Å². The van der Waals surface area contributed by atoms with Crippen LogP contribution in [0.1, 0.15) is 42.5 Å². The topological polar surface area (TPSA) is 65.4 Å². The van der Waals surface area contributed by atoms with Crippen LogP contribution in [0.15, 0.2) is 12.1 Å². The Morgan fingerprint density at radius 1 is 1.32 bits per heavy atom. The molecule has 2 aromatic rings. The Hall–Kier alpha value is -2.57. The van der Waals surface area contributed by atoms with Crippen LogP contribution >= 0.6 is 0 Å². The minimum Gasteiger partial charge on any atom is -0.493 e. The molecule has 3 rings (SSSR count). The molecule has 1 aliphatic rings.